The second-order valence-electron chi connectivity index (χ2n) is 4.65. The third-order valence-corrected chi connectivity index (χ3v) is 3.03. The third kappa shape index (κ3) is 5.15. The molecule has 0 spiro atoms. The number of esters is 1. The summed E-state index contributed by atoms with van der Waals surface area (Å²) < 4.78 is 5.12. The molecule has 108 valence electrons. The number of para-hydroxylation sites is 1. The highest BCUT2D eigenvalue weighted by atomic mass is 16.5. The lowest BCUT2D eigenvalue weighted by Crippen LogP contribution is -2.03. The number of phenols is 1. The van der Waals surface area contributed by atoms with Crippen molar-refractivity contribution in [2.45, 2.75) is 12.8 Å². The predicted octanol–water partition coefficient (Wildman–Crippen LogP) is 3.58. The molecule has 0 aromatic heterocycles. The van der Waals surface area contributed by atoms with Crippen LogP contribution in [0.15, 0.2) is 60.7 Å². The van der Waals surface area contributed by atoms with E-state index in [-0.39, 0.29) is 5.75 Å². The Bertz CT molecular complexity index is 603. The number of carbonyl (C=O) groups is 1. The van der Waals surface area contributed by atoms with Gasteiger partial charge < -0.3 is 9.84 Å². The lowest BCUT2D eigenvalue weighted by atomic mass is 10.1. The highest BCUT2D eigenvalue weighted by molar-refractivity contribution is 5.87. The van der Waals surface area contributed by atoms with Crippen molar-refractivity contribution >= 4 is 12.0 Å². The molecule has 0 unspecified atom stereocenters. The van der Waals surface area contributed by atoms with Crippen LogP contribution >= 0.6 is 0 Å². The molecule has 3 heteroatoms. The fraction of sp³-hybridized carbons (Fsp3) is 0.167. The lowest BCUT2D eigenvalue weighted by molar-refractivity contribution is -0.137. The maximum atomic E-state index is 11.5. The van der Waals surface area contributed by atoms with Crippen molar-refractivity contribution in [2.75, 3.05) is 6.61 Å². The maximum absolute atomic E-state index is 11.5. The monoisotopic (exact) mass is 282 g/mol. The second kappa shape index (κ2) is 7.90. The maximum Gasteiger partial charge on any atom is 0.330 e. The van der Waals surface area contributed by atoms with E-state index in [1.165, 1.54) is 11.6 Å². The second-order valence-corrected chi connectivity index (χ2v) is 4.65. The molecule has 0 aliphatic carbocycles. The van der Waals surface area contributed by atoms with Crippen LogP contribution in [0, 0.1) is 0 Å². The predicted molar refractivity (Wildman–Crippen MR) is 82.9 cm³/mol. The number of carbonyl (C=O) groups excluding carboxylic acids is 1. The Kier molecular flexibility index (Phi) is 5.59. The van der Waals surface area contributed by atoms with E-state index in [2.05, 4.69) is 12.1 Å². The Labute approximate surface area is 124 Å². The molecule has 2 aromatic rings. The minimum absolute atomic E-state index is 0.144. The van der Waals surface area contributed by atoms with Crippen LogP contribution in [-0.4, -0.2) is 17.7 Å². The molecule has 2 rings (SSSR count). The average Bonchev–Trinajstić information content (AvgIpc) is 2.52. The first kappa shape index (κ1) is 14.9. The smallest absolute Gasteiger partial charge is 0.330 e. The Morgan fingerprint density at radius 2 is 1.76 bits per heavy atom. The van der Waals surface area contributed by atoms with E-state index in [0.717, 1.165) is 12.8 Å². The van der Waals surface area contributed by atoms with Crippen molar-refractivity contribution in [3.8, 4) is 5.75 Å². The molecule has 0 aliphatic heterocycles. The Hall–Kier alpha value is -2.55. The van der Waals surface area contributed by atoms with Gasteiger partial charge in [0, 0.05) is 11.6 Å². The summed E-state index contributed by atoms with van der Waals surface area (Å²) in [5, 5.41) is 9.56. The summed E-state index contributed by atoms with van der Waals surface area (Å²) in [5.74, 6) is -0.253. The van der Waals surface area contributed by atoms with E-state index in [1.54, 1.807) is 30.3 Å². The van der Waals surface area contributed by atoms with Crippen LogP contribution < -0.4 is 0 Å². The zero-order valence-corrected chi connectivity index (χ0v) is 11.7. The van der Waals surface area contributed by atoms with Crippen LogP contribution in [0.3, 0.4) is 0 Å². The van der Waals surface area contributed by atoms with Gasteiger partial charge >= 0.3 is 5.97 Å². The van der Waals surface area contributed by atoms with Gasteiger partial charge in [-0.1, -0.05) is 48.5 Å². The van der Waals surface area contributed by atoms with Crippen LogP contribution in [-0.2, 0) is 16.0 Å². The molecule has 0 fully saturated rings. The zero-order valence-electron chi connectivity index (χ0n) is 11.7. The summed E-state index contributed by atoms with van der Waals surface area (Å²) in [6.45, 7) is 0.388. The SMILES string of the molecule is O=C(/C=C/c1ccccc1O)OCCCc1ccccc1. The van der Waals surface area contributed by atoms with E-state index < -0.39 is 5.97 Å². The zero-order chi connectivity index (χ0) is 14.9. The highest BCUT2D eigenvalue weighted by Crippen LogP contribution is 2.16. The number of aromatic hydroxyl groups is 1. The molecule has 0 bridgehead atoms. The Balaban J connectivity index is 1.72. The molecule has 21 heavy (non-hydrogen) atoms. The summed E-state index contributed by atoms with van der Waals surface area (Å²) in [6.07, 6.45) is 4.56. The number of hydrogen-bond acceptors (Lipinski definition) is 3. The van der Waals surface area contributed by atoms with Crippen LogP contribution in [0.5, 0.6) is 5.75 Å². The van der Waals surface area contributed by atoms with Gasteiger partial charge in [-0.2, -0.15) is 0 Å². The standard InChI is InChI=1S/C18H18O3/c19-17-11-5-4-10-16(17)12-13-18(20)21-14-6-9-15-7-2-1-3-8-15/h1-5,7-8,10-13,19H,6,9,14H2/b13-12+. The van der Waals surface area contributed by atoms with Gasteiger partial charge in [-0.05, 0) is 30.5 Å². The number of aryl methyl sites for hydroxylation is 1. The summed E-state index contributed by atoms with van der Waals surface area (Å²) in [4.78, 5) is 11.5. The molecule has 0 amide bonds. The first-order valence-electron chi connectivity index (χ1n) is 6.92. The van der Waals surface area contributed by atoms with E-state index in [9.17, 15) is 9.90 Å². The largest absolute Gasteiger partial charge is 0.507 e. The van der Waals surface area contributed by atoms with Crippen LogP contribution in [0.2, 0.25) is 0 Å². The number of hydrogen-bond donors (Lipinski definition) is 1. The summed E-state index contributed by atoms with van der Waals surface area (Å²) in [5.41, 5.74) is 1.83. The minimum Gasteiger partial charge on any atom is -0.507 e. The molecule has 3 nitrogen and oxygen atoms in total. The minimum atomic E-state index is -0.397. The van der Waals surface area contributed by atoms with Gasteiger partial charge in [0.05, 0.1) is 6.61 Å². The highest BCUT2D eigenvalue weighted by Gasteiger charge is 1.99. The molecule has 0 radical (unpaired) electrons. The van der Waals surface area contributed by atoms with Gasteiger partial charge in [-0.15, -0.1) is 0 Å². The van der Waals surface area contributed by atoms with Gasteiger partial charge in [-0.3, -0.25) is 0 Å². The molecule has 0 aliphatic rings. The topological polar surface area (TPSA) is 46.5 Å². The molecule has 0 atom stereocenters. The molecular weight excluding hydrogens is 264 g/mol. The third-order valence-electron chi connectivity index (χ3n) is 3.03. The van der Waals surface area contributed by atoms with Crippen LogP contribution in [0.1, 0.15) is 17.5 Å². The molecule has 1 N–H and O–H groups in total. The van der Waals surface area contributed by atoms with Gasteiger partial charge in [0.25, 0.3) is 0 Å². The Morgan fingerprint density at radius 3 is 2.52 bits per heavy atom. The fourth-order valence-corrected chi connectivity index (χ4v) is 1.93. The van der Waals surface area contributed by atoms with Crippen molar-refractivity contribution in [3.63, 3.8) is 0 Å². The molecule has 2 aromatic carbocycles. The Morgan fingerprint density at radius 1 is 1.05 bits per heavy atom. The fourth-order valence-electron chi connectivity index (χ4n) is 1.93. The van der Waals surface area contributed by atoms with Crippen LogP contribution in [0.25, 0.3) is 6.08 Å². The number of ether oxygens (including phenoxy) is 1. The van der Waals surface area contributed by atoms with Crippen molar-refractivity contribution in [2.24, 2.45) is 0 Å². The number of benzene rings is 2. The van der Waals surface area contributed by atoms with Gasteiger partial charge in [0.2, 0.25) is 0 Å². The van der Waals surface area contributed by atoms with Crippen molar-refractivity contribution < 1.29 is 14.6 Å². The average molecular weight is 282 g/mol. The van der Waals surface area contributed by atoms with E-state index in [4.69, 9.17) is 4.74 Å². The lowest BCUT2D eigenvalue weighted by Gasteiger charge is -2.02. The van der Waals surface area contributed by atoms with E-state index in [0.29, 0.717) is 12.2 Å². The first-order chi connectivity index (χ1) is 10.3. The first-order valence-corrected chi connectivity index (χ1v) is 6.92. The van der Waals surface area contributed by atoms with Gasteiger partial charge in [-0.25, -0.2) is 4.79 Å². The van der Waals surface area contributed by atoms with E-state index >= 15 is 0 Å². The van der Waals surface area contributed by atoms with Crippen LogP contribution in [0.4, 0.5) is 0 Å². The van der Waals surface area contributed by atoms with Crippen molar-refractivity contribution in [1.82, 2.24) is 0 Å². The molecular formula is C18H18O3. The summed E-state index contributed by atoms with van der Waals surface area (Å²) in [6, 6.07) is 16.9. The number of rotatable bonds is 6. The summed E-state index contributed by atoms with van der Waals surface area (Å²) >= 11 is 0. The molecule has 0 heterocycles. The molecule has 0 saturated carbocycles. The number of phenolic OH excluding ortho intramolecular Hbond substituents is 1. The van der Waals surface area contributed by atoms with Crippen molar-refractivity contribution in [3.05, 3.63) is 71.8 Å². The summed E-state index contributed by atoms with van der Waals surface area (Å²) in [7, 11) is 0. The van der Waals surface area contributed by atoms with E-state index in [1.807, 2.05) is 18.2 Å². The molecule has 0 saturated heterocycles. The van der Waals surface area contributed by atoms with Gasteiger partial charge in [0.15, 0.2) is 0 Å². The quantitative estimate of drug-likeness (QED) is 0.500. The van der Waals surface area contributed by atoms with Crippen molar-refractivity contribution in [1.29, 1.82) is 0 Å². The normalized spacial score (nSPS) is 10.7. The van der Waals surface area contributed by atoms with Gasteiger partial charge in [0.1, 0.15) is 5.75 Å².